The number of aliphatic hydroxyl groups is 1. The lowest BCUT2D eigenvalue weighted by Gasteiger charge is -2.26. The van der Waals surface area contributed by atoms with Crippen molar-refractivity contribution in [1.29, 1.82) is 0 Å². The van der Waals surface area contributed by atoms with Crippen molar-refractivity contribution in [3.63, 3.8) is 0 Å². The number of nitrogens with one attached hydrogen (secondary N) is 1. The Kier molecular flexibility index (Phi) is 12.0. The van der Waals surface area contributed by atoms with Crippen LogP contribution in [0.2, 0.25) is 0 Å². The maximum Gasteiger partial charge on any atom is 0.329 e. The molecular formula is C28H41NO5S. The predicted octanol–water partition coefficient (Wildman–Crippen LogP) is 4.76. The van der Waals surface area contributed by atoms with Crippen molar-refractivity contribution < 1.29 is 24.2 Å². The van der Waals surface area contributed by atoms with Crippen LogP contribution >= 0.6 is 11.8 Å². The van der Waals surface area contributed by atoms with Crippen LogP contribution in [-0.4, -0.2) is 60.0 Å². The van der Waals surface area contributed by atoms with E-state index in [1.165, 1.54) is 11.8 Å². The summed E-state index contributed by atoms with van der Waals surface area (Å²) in [5.41, 5.74) is 0.464. The average molecular weight is 504 g/mol. The molecule has 0 heterocycles. The Balaban J connectivity index is 2.22. The Morgan fingerprint density at radius 3 is 2.49 bits per heavy atom. The van der Waals surface area contributed by atoms with Crippen molar-refractivity contribution >= 4 is 34.4 Å². The molecule has 0 saturated heterocycles. The van der Waals surface area contributed by atoms with Gasteiger partial charge in [0.1, 0.15) is 11.6 Å². The van der Waals surface area contributed by atoms with E-state index in [4.69, 9.17) is 9.47 Å². The van der Waals surface area contributed by atoms with Crippen LogP contribution in [0, 0.1) is 5.92 Å². The molecule has 0 aromatic heterocycles. The maximum atomic E-state index is 13.5. The highest BCUT2D eigenvalue weighted by Gasteiger charge is 2.29. The first kappa shape index (κ1) is 29.1. The summed E-state index contributed by atoms with van der Waals surface area (Å²) < 4.78 is 10.6. The fraction of sp³-hybridized carbons (Fsp3) is 0.571. The van der Waals surface area contributed by atoms with E-state index in [1.54, 1.807) is 7.11 Å². The van der Waals surface area contributed by atoms with Crippen LogP contribution in [0.3, 0.4) is 0 Å². The number of hydrogen-bond acceptors (Lipinski definition) is 6. The minimum absolute atomic E-state index is 0.168. The van der Waals surface area contributed by atoms with Crippen LogP contribution in [0.15, 0.2) is 42.5 Å². The largest absolute Gasteiger partial charge is 0.458 e. The summed E-state index contributed by atoms with van der Waals surface area (Å²) >= 11 is 1.52. The summed E-state index contributed by atoms with van der Waals surface area (Å²) in [6.07, 6.45) is 2.22. The highest BCUT2D eigenvalue weighted by Crippen LogP contribution is 2.24. The van der Waals surface area contributed by atoms with Gasteiger partial charge in [-0.15, -0.1) is 0 Å². The number of carbonyl (C=O) groups is 2. The average Bonchev–Trinajstić information content (AvgIpc) is 2.80. The Morgan fingerprint density at radius 2 is 1.80 bits per heavy atom. The minimum Gasteiger partial charge on any atom is -0.458 e. The summed E-state index contributed by atoms with van der Waals surface area (Å²) in [6.45, 7) is 7.79. The molecule has 1 amide bonds. The second-order valence-electron chi connectivity index (χ2n) is 9.92. The monoisotopic (exact) mass is 503 g/mol. The lowest BCUT2D eigenvalue weighted by Crippen LogP contribution is -2.47. The first-order valence-electron chi connectivity index (χ1n) is 12.4. The van der Waals surface area contributed by atoms with Crippen molar-refractivity contribution in [3.05, 3.63) is 48.0 Å². The third-order valence-electron chi connectivity index (χ3n) is 5.56. The second-order valence-corrected chi connectivity index (χ2v) is 11.0. The number of thioether (sulfide) groups is 1. The maximum absolute atomic E-state index is 13.5. The van der Waals surface area contributed by atoms with Gasteiger partial charge in [-0.25, -0.2) is 4.79 Å². The van der Waals surface area contributed by atoms with Gasteiger partial charge < -0.3 is 19.9 Å². The SMILES string of the molecule is CCCC[C@H](NC(=O)[C@@H](CSC[C@@H](O)COC)Cc1cccc2ccccc12)C(=O)OC(C)(C)C. The predicted molar refractivity (Wildman–Crippen MR) is 144 cm³/mol. The number of unbranched alkanes of at least 4 members (excludes halogenated alkanes) is 1. The Morgan fingerprint density at radius 1 is 1.09 bits per heavy atom. The molecule has 2 rings (SSSR count). The molecule has 0 saturated carbocycles. The molecule has 0 bridgehead atoms. The molecule has 3 atom stereocenters. The molecule has 2 N–H and O–H groups in total. The lowest BCUT2D eigenvalue weighted by molar-refractivity contribution is -0.159. The minimum atomic E-state index is -0.680. The van der Waals surface area contributed by atoms with E-state index >= 15 is 0 Å². The molecule has 2 aromatic rings. The standard InChI is InChI=1S/C28H41NO5S/c1-6-7-15-25(27(32)34-28(2,3)4)29-26(31)22(18-35-19-23(30)17-33-5)16-21-13-10-12-20-11-8-9-14-24(20)21/h8-14,22-23,25,30H,6-7,15-19H2,1-5H3,(H,29,31)/t22-,23+,25+/m1/s1. The normalized spacial score (nSPS) is 14.3. The van der Waals surface area contributed by atoms with E-state index in [0.717, 1.165) is 29.2 Å². The molecule has 6 nitrogen and oxygen atoms in total. The first-order chi connectivity index (χ1) is 16.6. The number of benzene rings is 2. The van der Waals surface area contributed by atoms with Crippen LogP contribution in [0.5, 0.6) is 0 Å². The van der Waals surface area contributed by atoms with E-state index in [9.17, 15) is 14.7 Å². The van der Waals surface area contributed by atoms with Crippen molar-refractivity contribution in [2.75, 3.05) is 25.2 Å². The number of carbonyl (C=O) groups excluding carboxylic acids is 2. The molecule has 194 valence electrons. The molecule has 0 spiro atoms. The van der Waals surface area contributed by atoms with Crippen LogP contribution in [-0.2, 0) is 25.5 Å². The molecule has 0 aliphatic heterocycles. The summed E-state index contributed by atoms with van der Waals surface area (Å²) in [5.74, 6) is 0.0560. The van der Waals surface area contributed by atoms with E-state index in [2.05, 4.69) is 36.5 Å². The van der Waals surface area contributed by atoms with Crippen LogP contribution < -0.4 is 5.32 Å². The molecule has 0 radical (unpaired) electrons. The van der Waals surface area contributed by atoms with E-state index in [0.29, 0.717) is 24.3 Å². The molecule has 0 aliphatic carbocycles. The zero-order chi connectivity index (χ0) is 25.8. The molecule has 0 aliphatic rings. The highest BCUT2D eigenvalue weighted by molar-refractivity contribution is 7.99. The molecule has 7 heteroatoms. The molecule has 0 fully saturated rings. The van der Waals surface area contributed by atoms with Gasteiger partial charge in [0.25, 0.3) is 0 Å². The molecule has 2 aromatic carbocycles. The summed E-state index contributed by atoms with van der Waals surface area (Å²) in [5, 5.41) is 15.3. The smallest absolute Gasteiger partial charge is 0.329 e. The van der Waals surface area contributed by atoms with Gasteiger partial charge in [0.2, 0.25) is 5.91 Å². The van der Waals surface area contributed by atoms with Gasteiger partial charge in [0.05, 0.1) is 18.6 Å². The van der Waals surface area contributed by atoms with Gasteiger partial charge in [0.15, 0.2) is 0 Å². The molecule has 0 unspecified atom stereocenters. The summed E-state index contributed by atoms with van der Waals surface area (Å²) in [4.78, 5) is 26.4. The van der Waals surface area contributed by atoms with Gasteiger partial charge in [-0.05, 0) is 49.9 Å². The third kappa shape index (κ3) is 10.2. The number of rotatable bonds is 14. The number of ether oxygens (including phenoxy) is 2. The number of fused-ring (bicyclic) bond motifs is 1. The van der Waals surface area contributed by atoms with E-state index in [1.807, 2.05) is 39.0 Å². The van der Waals surface area contributed by atoms with Crippen molar-refractivity contribution in [3.8, 4) is 0 Å². The summed E-state index contributed by atoms with van der Waals surface area (Å²) in [6, 6.07) is 13.6. The summed E-state index contributed by atoms with van der Waals surface area (Å²) in [7, 11) is 1.55. The zero-order valence-corrected chi connectivity index (χ0v) is 22.5. The Labute approximate surface area is 214 Å². The Bertz CT molecular complexity index is 937. The first-order valence-corrected chi connectivity index (χ1v) is 13.5. The quantitative estimate of drug-likeness (QED) is 0.362. The number of esters is 1. The fourth-order valence-corrected chi connectivity index (χ4v) is 4.93. The fourth-order valence-electron chi connectivity index (χ4n) is 3.87. The third-order valence-corrected chi connectivity index (χ3v) is 6.82. The van der Waals surface area contributed by atoms with Gasteiger partial charge >= 0.3 is 5.97 Å². The van der Waals surface area contributed by atoms with Crippen LogP contribution in [0.4, 0.5) is 0 Å². The van der Waals surface area contributed by atoms with Gasteiger partial charge in [-0.2, -0.15) is 11.8 Å². The number of hydrogen-bond donors (Lipinski definition) is 2. The van der Waals surface area contributed by atoms with Gasteiger partial charge in [0, 0.05) is 18.6 Å². The van der Waals surface area contributed by atoms with Crippen LogP contribution in [0.25, 0.3) is 10.8 Å². The van der Waals surface area contributed by atoms with Crippen molar-refractivity contribution in [1.82, 2.24) is 5.32 Å². The Hall–Kier alpha value is -2.09. The van der Waals surface area contributed by atoms with Gasteiger partial charge in [-0.1, -0.05) is 62.2 Å². The number of methoxy groups -OCH3 is 1. The van der Waals surface area contributed by atoms with Crippen LogP contribution in [0.1, 0.15) is 52.5 Å². The topological polar surface area (TPSA) is 84.9 Å². The van der Waals surface area contributed by atoms with E-state index < -0.39 is 23.7 Å². The lowest BCUT2D eigenvalue weighted by atomic mass is 9.95. The second kappa shape index (κ2) is 14.5. The molecule has 35 heavy (non-hydrogen) atoms. The van der Waals surface area contributed by atoms with E-state index in [-0.39, 0.29) is 18.4 Å². The van der Waals surface area contributed by atoms with Gasteiger partial charge in [-0.3, -0.25) is 4.79 Å². The number of amides is 1. The number of aliphatic hydroxyl groups excluding tert-OH is 1. The zero-order valence-electron chi connectivity index (χ0n) is 21.7. The highest BCUT2D eigenvalue weighted by atomic mass is 32.2. The molecular weight excluding hydrogens is 462 g/mol. The van der Waals surface area contributed by atoms with Crippen molar-refractivity contribution in [2.45, 2.75) is 71.1 Å². The van der Waals surface area contributed by atoms with Crippen molar-refractivity contribution in [2.24, 2.45) is 5.92 Å².